The van der Waals surface area contributed by atoms with E-state index in [0.717, 1.165) is 12.2 Å². The number of hydrogen-bond acceptors (Lipinski definition) is 2. The first kappa shape index (κ1) is 12.8. The van der Waals surface area contributed by atoms with Gasteiger partial charge in [0, 0.05) is 19.0 Å². The number of aromatic nitrogens is 2. The van der Waals surface area contributed by atoms with Gasteiger partial charge in [-0.05, 0) is 50.1 Å². The van der Waals surface area contributed by atoms with Crippen LogP contribution in [0, 0.1) is 20.8 Å². The van der Waals surface area contributed by atoms with Crippen LogP contribution >= 0.6 is 0 Å². The second-order valence-corrected chi connectivity index (χ2v) is 4.91. The topological polar surface area (TPSA) is 43.8 Å². The molecule has 3 heteroatoms. The van der Waals surface area contributed by atoms with Crippen molar-refractivity contribution < 1.29 is 0 Å². The molecule has 2 aromatic rings. The predicted molar refractivity (Wildman–Crippen MR) is 75.6 cm³/mol. The van der Waals surface area contributed by atoms with E-state index in [4.69, 9.17) is 5.73 Å². The molecule has 0 spiro atoms. The summed E-state index contributed by atoms with van der Waals surface area (Å²) in [6, 6.07) is 4.48. The van der Waals surface area contributed by atoms with Gasteiger partial charge in [0.1, 0.15) is 5.82 Å². The molecule has 0 fully saturated rings. The van der Waals surface area contributed by atoms with Crippen LogP contribution in [0.15, 0.2) is 18.3 Å². The van der Waals surface area contributed by atoms with Crippen molar-refractivity contribution in [3.8, 4) is 11.3 Å². The number of imidazole rings is 1. The lowest BCUT2D eigenvalue weighted by Gasteiger charge is -2.11. The van der Waals surface area contributed by atoms with Crippen molar-refractivity contribution in [3.63, 3.8) is 0 Å². The largest absolute Gasteiger partial charge is 0.331 e. The Hall–Kier alpha value is -1.61. The van der Waals surface area contributed by atoms with Gasteiger partial charge in [0.05, 0.1) is 11.9 Å². The molecule has 0 aliphatic rings. The number of aryl methyl sites for hydroxylation is 3. The standard InChI is InChI=1S/C15H21N3/c1-10-7-12(3)13(8-11(10)2)14-9-17-15(5-6-16)18(14)4/h7-9H,5-6,16H2,1-4H3. The molecule has 0 saturated heterocycles. The summed E-state index contributed by atoms with van der Waals surface area (Å²) in [6.45, 7) is 7.08. The Morgan fingerprint density at radius 2 is 1.78 bits per heavy atom. The number of rotatable bonds is 3. The van der Waals surface area contributed by atoms with Gasteiger partial charge in [0.15, 0.2) is 0 Å². The van der Waals surface area contributed by atoms with Crippen molar-refractivity contribution in [1.82, 2.24) is 9.55 Å². The molecule has 0 aliphatic heterocycles. The van der Waals surface area contributed by atoms with Crippen LogP contribution in [-0.2, 0) is 13.5 Å². The summed E-state index contributed by atoms with van der Waals surface area (Å²) in [7, 11) is 2.06. The van der Waals surface area contributed by atoms with E-state index < -0.39 is 0 Å². The second-order valence-electron chi connectivity index (χ2n) is 4.91. The number of hydrogen-bond donors (Lipinski definition) is 1. The van der Waals surface area contributed by atoms with Gasteiger partial charge in [-0.1, -0.05) is 6.07 Å². The molecule has 1 aromatic carbocycles. The fraction of sp³-hybridized carbons (Fsp3) is 0.400. The average molecular weight is 243 g/mol. The van der Waals surface area contributed by atoms with Crippen LogP contribution in [0.3, 0.4) is 0 Å². The van der Waals surface area contributed by atoms with E-state index in [1.54, 1.807) is 0 Å². The third-order valence-corrected chi connectivity index (χ3v) is 3.57. The van der Waals surface area contributed by atoms with Gasteiger partial charge in [-0.15, -0.1) is 0 Å². The van der Waals surface area contributed by atoms with Crippen molar-refractivity contribution in [2.75, 3.05) is 6.54 Å². The summed E-state index contributed by atoms with van der Waals surface area (Å²) in [4.78, 5) is 4.46. The highest BCUT2D eigenvalue weighted by atomic mass is 15.1. The van der Waals surface area contributed by atoms with Crippen molar-refractivity contribution in [2.45, 2.75) is 27.2 Å². The minimum atomic E-state index is 0.635. The molecule has 0 radical (unpaired) electrons. The highest BCUT2D eigenvalue weighted by Gasteiger charge is 2.11. The molecule has 2 N–H and O–H groups in total. The molecular weight excluding hydrogens is 222 g/mol. The lowest BCUT2D eigenvalue weighted by molar-refractivity contribution is 0.782. The molecule has 2 rings (SSSR count). The van der Waals surface area contributed by atoms with Gasteiger partial charge in [-0.3, -0.25) is 0 Å². The van der Waals surface area contributed by atoms with Crippen molar-refractivity contribution in [2.24, 2.45) is 12.8 Å². The quantitative estimate of drug-likeness (QED) is 0.900. The first-order chi connectivity index (χ1) is 8.54. The van der Waals surface area contributed by atoms with Crippen LogP contribution in [0.1, 0.15) is 22.5 Å². The summed E-state index contributed by atoms with van der Waals surface area (Å²) in [6.07, 6.45) is 2.77. The van der Waals surface area contributed by atoms with E-state index in [9.17, 15) is 0 Å². The van der Waals surface area contributed by atoms with E-state index in [1.807, 2.05) is 6.20 Å². The van der Waals surface area contributed by atoms with E-state index in [2.05, 4.69) is 49.5 Å². The molecular formula is C15H21N3. The van der Waals surface area contributed by atoms with Crippen LogP contribution in [0.25, 0.3) is 11.3 Å². The Balaban J connectivity index is 2.52. The van der Waals surface area contributed by atoms with Gasteiger partial charge in [0.25, 0.3) is 0 Å². The van der Waals surface area contributed by atoms with Crippen LogP contribution in [-0.4, -0.2) is 16.1 Å². The van der Waals surface area contributed by atoms with Crippen molar-refractivity contribution in [3.05, 3.63) is 40.8 Å². The second kappa shape index (κ2) is 4.94. The lowest BCUT2D eigenvalue weighted by Crippen LogP contribution is -2.08. The lowest BCUT2D eigenvalue weighted by atomic mass is 9.99. The van der Waals surface area contributed by atoms with Crippen LogP contribution < -0.4 is 5.73 Å². The SMILES string of the molecule is Cc1cc(C)c(-c2cnc(CCN)n2C)cc1C. The van der Waals surface area contributed by atoms with Crippen LogP contribution in [0.2, 0.25) is 0 Å². The molecule has 96 valence electrons. The fourth-order valence-corrected chi connectivity index (χ4v) is 2.30. The van der Waals surface area contributed by atoms with Crippen molar-refractivity contribution >= 4 is 0 Å². The third-order valence-electron chi connectivity index (χ3n) is 3.57. The highest BCUT2D eigenvalue weighted by Crippen LogP contribution is 2.26. The molecule has 0 unspecified atom stereocenters. The Kier molecular flexibility index (Phi) is 3.53. The number of nitrogens with zero attached hydrogens (tertiary/aromatic N) is 2. The van der Waals surface area contributed by atoms with E-state index in [1.165, 1.54) is 27.9 Å². The predicted octanol–water partition coefficient (Wildman–Crippen LogP) is 2.51. The minimum Gasteiger partial charge on any atom is -0.331 e. The molecule has 1 heterocycles. The first-order valence-electron chi connectivity index (χ1n) is 6.33. The van der Waals surface area contributed by atoms with Gasteiger partial charge in [-0.25, -0.2) is 4.98 Å². The maximum atomic E-state index is 5.60. The molecule has 0 atom stereocenters. The summed E-state index contributed by atoms with van der Waals surface area (Å²) < 4.78 is 2.14. The summed E-state index contributed by atoms with van der Waals surface area (Å²) in [5, 5.41) is 0. The maximum Gasteiger partial charge on any atom is 0.110 e. The zero-order valence-electron chi connectivity index (χ0n) is 11.6. The Morgan fingerprint density at radius 3 is 2.44 bits per heavy atom. The highest BCUT2D eigenvalue weighted by molar-refractivity contribution is 5.65. The third kappa shape index (κ3) is 2.18. The Labute approximate surface area is 109 Å². The van der Waals surface area contributed by atoms with Crippen LogP contribution in [0.5, 0.6) is 0 Å². The van der Waals surface area contributed by atoms with E-state index in [-0.39, 0.29) is 0 Å². The summed E-state index contributed by atoms with van der Waals surface area (Å²) >= 11 is 0. The van der Waals surface area contributed by atoms with Gasteiger partial charge >= 0.3 is 0 Å². The molecule has 0 saturated carbocycles. The molecule has 0 aliphatic carbocycles. The number of nitrogens with two attached hydrogens (primary N) is 1. The van der Waals surface area contributed by atoms with Gasteiger partial charge in [0.2, 0.25) is 0 Å². The molecule has 1 aromatic heterocycles. The number of benzene rings is 1. The Morgan fingerprint density at radius 1 is 1.11 bits per heavy atom. The summed E-state index contributed by atoms with van der Waals surface area (Å²) in [5.41, 5.74) is 12.0. The normalized spacial score (nSPS) is 10.9. The molecule has 0 amide bonds. The maximum absolute atomic E-state index is 5.60. The minimum absolute atomic E-state index is 0.635. The first-order valence-corrected chi connectivity index (χ1v) is 6.33. The van der Waals surface area contributed by atoms with E-state index in [0.29, 0.717) is 6.54 Å². The fourth-order valence-electron chi connectivity index (χ4n) is 2.30. The molecule has 3 nitrogen and oxygen atoms in total. The smallest absolute Gasteiger partial charge is 0.110 e. The molecule has 18 heavy (non-hydrogen) atoms. The zero-order valence-corrected chi connectivity index (χ0v) is 11.6. The van der Waals surface area contributed by atoms with Crippen molar-refractivity contribution in [1.29, 1.82) is 0 Å². The van der Waals surface area contributed by atoms with Gasteiger partial charge in [-0.2, -0.15) is 0 Å². The van der Waals surface area contributed by atoms with Gasteiger partial charge < -0.3 is 10.3 Å². The zero-order chi connectivity index (χ0) is 13.3. The summed E-state index contributed by atoms with van der Waals surface area (Å²) in [5.74, 6) is 1.05. The van der Waals surface area contributed by atoms with Crippen LogP contribution in [0.4, 0.5) is 0 Å². The van der Waals surface area contributed by atoms with E-state index >= 15 is 0 Å². The average Bonchev–Trinajstić information content (AvgIpc) is 2.67. The Bertz CT molecular complexity index is 567. The molecule has 0 bridgehead atoms. The monoisotopic (exact) mass is 243 g/mol.